The van der Waals surface area contributed by atoms with Crippen LogP contribution in [0.1, 0.15) is 68.2 Å². The molecule has 0 aliphatic heterocycles. The van der Waals surface area contributed by atoms with Crippen LogP contribution in [0.15, 0.2) is 146 Å². The molecule has 0 spiro atoms. The maximum Gasteiger partial charge on any atom is 0.500 e. The minimum absolute atomic E-state index is 0.0635. The Hall–Kier alpha value is -8.35. The third kappa shape index (κ3) is 28.3. The maximum absolute atomic E-state index is 12.8. The van der Waals surface area contributed by atoms with Crippen LogP contribution in [0.5, 0.6) is 0 Å². The summed E-state index contributed by atoms with van der Waals surface area (Å²) in [5.74, 6) is -1.36. The summed E-state index contributed by atoms with van der Waals surface area (Å²) in [6.07, 6.45) is 12.8. The Morgan fingerprint density at radius 3 is 1.29 bits per heavy atom. The lowest BCUT2D eigenvalue weighted by molar-refractivity contribution is -0.138. The van der Waals surface area contributed by atoms with Gasteiger partial charge in [0.05, 0.1) is 13.2 Å². The fourth-order valence-corrected chi connectivity index (χ4v) is 10.8. The lowest BCUT2D eigenvalue weighted by atomic mass is 9.96. The van der Waals surface area contributed by atoms with Crippen molar-refractivity contribution in [1.29, 1.82) is 0 Å². The van der Waals surface area contributed by atoms with Gasteiger partial charge in [-0.05, 0) is 147 Å². The Bertz CT molecular complexity index is 2880. The van der Waals surface area contributed by atoms with Gasteiger partial charge in [-0.3, -0.25) is 21.3 Å². The zero-order chi connectivity index (χ0) is 60.1. The maximum atomic E-state index is 12.8. The molecule has 1 unspecified atom stereocenters. The summed E-state index contributed by atoms with van der Waals surface area (Å²) in [6.45, 7) is 3.64. The highest BCUT2D eigenvalue weighted by atomic mass is 32.2. The van der Waals surface area contributed by atoms with Crippen LogP contribution >= 0.6 is 11.8 Å². The topological polar surface area (TPSA) is 268 Å². The number of anilines is 4. The van der Waals surface area contributed by atoms with Gasteiger partial charge in [-0.15, -0.1) is 0 Å². The summed E-state index contributed by atoms with van der Waals surface area (Å²) in [6, 6.07) is 29.1. The number of ether oxygens (including phenoxy) is 6. The summed E-state index contributed by atoms with van der Waals surface area (Å²) >= 11 is 1.86. The van der Waals surface area contributed by atoms with E-state index in [4.69, 9.17) is 32.2 Å². The van der Waals surface area contributed by atoms with Gasteiger partial charge < -0.3 is 41.7 Å². The van der Waals surface area contributed by atoms with E-state index in [9.17, 15) is 38.4 Å². The Morgan fingerprint density at radius 1 is 0.482 bits per heavy atom. The number of rotatable bonds is 33. The van der Waals surface area contributed by atoms with E-state index in [0.717, 1.165) is 96.2 Å². The van der Waals surface area contributed by atoms with Crippen LogP contribution in [0.2, 0.25) is 6.04 Å². The van der Waals surface area contributed by atoms with Gasteiger partial charge in [-0.2, -0.15) is 11.8 Å². The average Bonchev–Trinajstić information content (AvgIpc) is 3.48. The first-order valence-electron chi connectivity index (χ1n) is 26.6. The molecular weight excluding hydrogens is 1110 g/mol. The number of thioether (sulfide) groups is 1. The molecule has 0 radical (unpaired) electrons. The molecule has 0 heterocycles. The number of benzene rings is 4. The summed E-state index contributed by atoms with van der Waals surface area (Å²) in [5.41, 5.74) is 5.22. The standard InChI is InChI=1S/C60H72N4O17SSi/c1-6-76-53(65)28-30-55(67)80-59(71)63-51-26-15-22-47(42-51)38-45-20-13-24-49(40-45)61-57(69)78-33-11-8-9-18-44(32-36-82-35-17-37-83(73-3,74-4)75-5)19-10-12-34-79-58(70)62-50-25-14-21-46(41-50)39-48-23-16-27-52(43-48)64-60(72)81-56(68)31-29-54(66)77-7-2/h8,10-16,20-31,40-44H,6-7,9,17-19,32-39H2,1-5H3,(H,61,69)(H,62,70)(H,63,71)(H,64,72)/b11-8+,12-10+,30-28+,31-29+. The van der Waals surface area contributed by atoms with E-state index < -0.39 is 57.1 Å². The molecule has 0 aromatic heterocycles. The fourth-order valence-electron chi connectivity index (χ4n) is 7.81. The monoisotopic (exact) mass is 1180 g/mol. The summed E-state index contributed by atoms with van der Waals surface area (Å²) < 4.78 is 46.3. The molecule has 0 aliphatic carbocycles. The van der Waals surface area contributed by atoms with Crippen LogP contribution in [0.25, 0.3) is 0 Å². The quantitative estimate of drug-likeness (QED) is 0.00657. The van der Waals surface area contributed by atoms with Crippen molar-refractivity contribution in [3.8, 4) is 0 Å². The van der Waals surface area contributed by atoms with Crippen LogP contribution in [0.4, 0.5) is 41.9 Å². The number of amides is 4. The molecule has 444 valence electrons. The summed E-state index contributed by atoms with van der Waals surface area (Å²) in [7, 11) is 2.19. The van der Waals surface area contributed by atoms with Gasteiger partial charge in [0.2, 0.25) is 0 Å². The summed E-state index contributed by atoms with van der Waals surface area (Å²) in [4.78, 5) is 96.7. The lowest BCUT2D eigenvalue weighted by Gasteiger charge is -2.24. The first kappa shape index (κ1) is 67.2. The number of esters is 4. The third-order valence-corrected chi connectivity index (χ3v) is 15.7. The largest absolute Gasteiger partial charge is 0.500 e. The minimum Gasteiger partial charge on any atom is -0.463 e. The number of carbonyl (C=O) groups excluding carboxylic acids is 8. The molecule has 0 bridgehead atoms. The van der Waals surface area contributed by atoms with Crippen molar-refractivity contribution in [3.63, 3.8) is 0 Å². The molecule has 0 aliphatic rings. The van der Waals surface area contributed by atoms with Crippen molar-refractivity contribution in [3.05, 3.63) is 168 Å². The van der Waals surface area contributed by atoms with Crippen molar-refractivity contribution in [2.75, 3.05) is 80.5 Å². The third-order valence-electron chi connectivity index (χ3n) is 11.7. The first-order valence-corrected chi connectivity index (χ1v) is 29.7. The Morgan fingerprint density at radius 2 is 0.880 bits per heavy atom. The SMILES string of the molecule is CCOC(=O)/C=C/C(=O)OC(=O)Nc1cccc(Cc2cccc(NC(=O)OC/C=C/CCC(C/C=C/COC(=O)Nc3cccc(Cc4cccc(NC(=O)OC(=O)/C=C/C(=O)OCC)c4)c3)CCSCCC[Si](OC)(OC)OC)c2)c1. The van der Waals surface area contributed by atoms with E-state index in [0.29, 0.717) is 41.5 Å². The lowest BCUT2D eigenvalue weighted by Crippen LogP contribution is -2.42. The Balaban J connectivity index is 1.22. The second-order valence-corrected chi connectivity index (χ2v) is 22.2. The van der Waals surface area contributed by atoms with Gasteiger partial charge in [0, 0.05) is 74.4 Å². The van der Waals surface area contributed by atoms with Gasteiger partial charge in [-0.25, -0.2) is 38.4 Å². The molecule has 21 nitrogen and oxygen atoms in total. The van der Waals surface area contributed by atoms with E-state index in [1.807, 2.05) is 72.5 Å². The Kier molecular flexibility index (Phi) is 31.0. The van der Waals surface area contributed by atoms with E-state index >= 15 is 0 Å². The second-order valence-electron chi connectivity index (χ2n) is 17.9. The number of carbonyl (C=O) groups is 8. The average molecular weight is 1180 g/mol. The van der Waals surface area contributed by atoms with Crippen LogP contribution in [0, 0.1) is 5.92 Å². The highest BCUT2D eigenvalue weighted by Crippen LogP contribution is 2.24. The predicted molar refractivity (Wildman–Crippen MR) is 317 cm³/mol. The molecule has 4 N–H and O–H groups in total. The normalized spacial score (nSPS) is 11.7. The molecule has 4 aromatic rings. The number of nitrogens with one attached hydrogen (secondary N) is 4. The zero-order valence-electron chi connectivity index (χ0n) is 47.2. The van der Waals surface area contributed by atoms with E-state index in [1.165, 1.54) is 0 Å². The summed E-state index contributed by atoms with van der Waals surface area (Å²) in [5, 5.41) is 10.5. The van der Waals surface area contributed by atoms with E-state index in [2.05, 4.69) is 30.7 Å². The van der Waals surface area contributed by atoms with Gasteiger partial charge in [0.15, 0.2) is 0 Å². The highest BCUT2D eigenvalue weighted by molar-refractivity contribution is 7.99. The van der Waals surface area contributed by atoms with Gasteiger partial charge in [0.1, 0.15) is 13.2 Å². The van der Waals surface area contributed by atoms with E-state index in [1.54, 1.807) is 95.8 Å². The fraction of sp³-hybridized carbons (Fsp3) is 0.333. The van der Waals surface area contributed by atoms with Crippen LogP contribution in [0.3, 0.4) is 0 Å². The van der Waals surface area contributed by atoms with Crippen molar-refractivity contribution in [2.24, 2.45) is 5.92 Å². The predicted octanol–water partition coefficient (Wildman–Crippen LogP) is 11.3. The van der Waals surface area contributed by atoms with Crippen molar-refractivity contribution in [2.45, 2.75) is 64.8 Å². The molecule has 0 saturated heterocycles. The Labute approximate surface area is 488 Å². The molecule has 4 amide bonds. The number of hydrogen-bond donors (Lipinski definition) is 4. The molecule has 0 fully saturated rings. The number of hydrogen-bond acceptors (Lipinski definition) is 18. The van der Waals surface area contributed by atoms with Crippen molar-refractivity contribution >= 4 is 91.6 Å². The van der Waals surface area contributed by atoms with Gasteiger partial charge >= 0.3 is 57.1 Å². The zero-order valence-corrected chi connectivity index (χ0v) is 49.0. The molecule has 23 heteroatoms. The molecule has 4 aromatic carbocycles. The molecule has 83 heavy (non-hydrogen) atoms. The first-order chi connectivity index (χ1) is 40.1. The van der Waals surface area contributed by atoms with E-state index in [-0.39, 0.29) is 26.4 Å². The van der Waals surface area contributed by atoms with Crippen LogP contribution < -0.4 is 21.3 Å². The number of allylic oxidation sites excluding steroid dienone is 2. The smallest absolute Gasteiger partial charge is 0.463 e. The molecule has 4 rings (SSSR count). The minimum atomic E-state index is -2.64. The van der Waals surface area contributed by atoms with Crippen LogP contribution in [-0.4, -0.2) is 116 Å². The van der Waals surface area contributed by atoms with Crippen LogP contribution in [-0.2, 0) is 73.7 Å². The molecule has 0 saturated carbocycles. The molecule has 1 atom stereocenters. The highest BCUT2D eigenvalue weighted by Gasteiger charge is 2.36. The van der Waals surface area contributed by atoms with Gasteiger partial charge in [-0.1, -0.05) is 72.8 Å². The van der Waals surface area contributed by atoms with Gasteiger partial charge in [0.25, 0.3) is 0 Å². The van der Waals surface area contributed by atoms with Crippen molar-refractivity contribution in [1.82, 2.24) is 0 Å². The van der Waals surface area contributed by atoms with Crippen molar-refractivity contribution < 1.29 is 80.1 Å². The molecular formula is C60H72N4O17SSi. The second kappa shape index (κ2) is 38.4.